The Morgan fingerprint density at radius 3 is 2.45 bits per heavy atom. The van der Waals surface area contributed by atoms with Gasteiger partial charge < -0.3 is 15.0 Å². The van der Waals surface area contributed by atoms with Crippen LogP contribution < -0.4 is 10.1 Å². The quantitative estimate of drug-likeness (QED) is 0.698. The van der Waals surface area contributed by atoms with Gasteiger partial charge in [-0.15, -0.1) is 0 Å². The third-order valence-corrected chi connectivity index (χ3v) is 5.49. The minimum absolute atomic E-state index is 0.00238. The van der Waals surface area contributed by atoms with Crippen molar-refractivity contribution in [1.82, 2.24) is 10.2 Å². The number of halogens is 1. The standard InChI is InChI=1S/C22H27ClN2O2.C2H6/c1-16-5-3-4-6-20(16)22(26)24-11-14-25-12-9-18(10-13-25)27-19-8-7-17(2)21(23)15-19;1-2/h3-8,15,18H,9-14H2,1-2H3,(H,24,26);1-2H3. The van der Waals surface area contributed by atoms with E-state index in [1.807, 2.05) is 70.2 Å². The number of benzene rings is 2. The van der Waals surface area contributed by atoms with Gasteiger partial charge in [-0.2, -0.15) is 0 Å². The van der Waals surface area contributed by atoms with Gasteiger partial charge in [0, 0.05) is 36.8 Å². The summed E-state index contributed by atoms with van der Waals surface area (Å²) in [7, 11) is 0. The monoisotopic (exact) mass is 416 g/mol. The Labute approximate surface area is 180 Å². The highest BCUT2D eigenvalue weighted by molar-refractivity contribution is 6.31. The molecule has 0 atom stereocenters. The van der Waals surface area contributed by atoms with E-state index in [0.29, 0.717) is 6.54 Å². The molecule has 1 aliphatic rings. The average Bonchev–Trinajstić information content (AvgIpc) is 2.74. The minimum Gasteiger partial charge on any atom is -0.490 e. The van der Waals surface area contributed by atoms with Gasteiger partial charge >= 0.3 is 0 Å². The molecule has 0 aliphatic carbocycles. The highest BCUT2D eigenvalue weighted by Crippen LogP contribution is 2.24. The summed E-state index contributed by atoms with van der Waals surface area (Å²) in [5, 5.41) is 3.77. The van der Waals surface area contributed by atoms with E-state index < -0.39 is 0 Å². The molecular weight excluding hydrogens is 384 g/mol. The van der Waals surface area contributed by atoms with Crippen molar-refractivity contribution in [1.29, 1.82) is 0 Å². The Balaban J connectivity index is 0.00000145. The Morgan fingerprint density at radius 2 is 1.79 bits per heavy atom. The van der Waals surface area contributed by atoms with E-state index in [9.17, 15) is 4.79 Å². The van der Waals surface area contributed by atoms with Crippen LogP contribution in [0.5, 0.6) is 5.75 Å². The number of nitrogens with zero attached hydrogens (tertiary/aromatic N) is 1. The number of likely N-dealkylation sites (tertiary alicyclic amines) is 1. The molecular formula is C24H33ClN2O2. The highest BCUT2D eigenvalue weighted by atomic mass is 35.5. The van der Waals surface area contributed by atoms with Gasteiger partial charge in [0.25, 0.3) is 5.91 Å². The first-order valence-electron chi connectivity index (χ1n) is 10.5. The maximum Gasteiger partial charge on any atom is 0.251 e. The number of rotatable bonds is 6. The Hall–Kier alpha value is -2.04. The van der Waals surface area contributed by atoms with Gasteiger partial charge in [-0.3, -0.25) is 4.79 Å². The van der Waals surface area contributed by atoms with E-state index in [0.717, 1.165) is 59.9 Å². The second-order valence-electron chi connectivity index (χ2n) is 7.14. The maximum absolute atomic E-state index is 12.3. The fraction of sp³-hybridized carbons (Fsp3) is 0.458. The molecule has 0 unspecified atom stereocenters. The minimum atomic E-state index is 0.00238. The predicted octanol–water partition coefficient (Wildman–Crippen LogP) is 5.26. The first-order chi connectivity index (χ1) is 14.0. The predicted molar refractivity (Wildman–Crippen MR) is 121 cm³/mol. The molecule has 0 aromatic heterocycles. The maximum atomic E-state index is 12.3. The number of piperidine rings is 1. The van der Waals surface area contributed by atoms with Gasteiger partial charge in [-0.1, -0.05) is 49.7 Å². The van der Waals surface area contributed by atoms with Crippen LogP contribution in [0.2, 0.25) is 5.02 Å². The van der Waals surface area contributed by atoms with Crippen LogP contribution in [-0.2, 0) is 0 Å². The van der Waals surface area contributed by atoms with E-state index in [4.69, 9.17) is 16.3 Å². The van der Waals surface area contributed by atoms with Crippen LogP contribution >= 0.6 is 11.6 Å². The number of ether oxygens (including phenoxy) is 1. The van der Waals surface area contributed by atoms with E-state index in [1.54, 1.807) is 0 Å². The van der Waals surface area contributed by atoms with Crippen LogP contribution in [0.25, 0.3) is 0 Å². The zero-order valence-electron chi connectivity index (χ0n) is 18.0. The Morgan fingerprint density at radius 1 is 1.10 bits per heavy atom. The lowest BCUT2D eigenvalue weighted by atomic mass is 10.1. The lowest BCUT2D eigenvalue weighted by Crippen LogP contribution is -2.42. The first kappa shape index (κ1) is 23.2. The van der Waals surface area contributed by atoms with E-state index >= 15 is 0 Å². The SMILES string of the molecule is CC.Cc1ccc(OC2CCN(CCNC(=O)c3ccccc3C)CC2)cc1Cl. The first-order valence-corrected chi connectivity index (χ1v) is 10.9. The van der Waals surface area contributed by atoms with Crippen LogP contribution in [0.3, 0.4) is 0 Å². The average molecular weight is 417 g/mol. The molecule has 1 N–H and O–H groups in total. The molecule has 0 saturated carbocycles. The zero-order valence-corrected chi connectivity index (χ0v) is 18.8. The zero-order chi connectivity index (χ0) is 21.2. The summed E-state index contributed by atoms with van der Waals surface area (Å²) < 4.78 is 6.07. The number of carbonyl (C=O) groups excluding carboxylic acids is 1. The Bertz CT molecular complexity index is 786. The number of nitrogens with one attached hydrogen (secondary N) is 1. The summed E-state index contributed by atoms with van der Waals surface area (Å²) in [4.78, 5) is 14.6. The Kier molecular flexibility index (Phi) is 9.49. The summed E-state index contributed by atoms with van der Waals surface area (Å²) in [6.07, 6.45) is 2.19. The van der Waals surface area contributed by atoms with Crippen LogP contribution in [0.1, 0.15) is 48.2 Å². The smallest absolute Gasteiger partial charge is 0.251 e. The number of hydrogen-bond acceptors (Lipinski definition) is 3. The number of aryl methyl sites for hydroxylation is 2. The van der Waals surface area contributed by atoms with Crippen molar-refractivity contribution < 1.29 is 9.53 Å². The molecule has 0 spiro atoms. The van der Waals surface area contributed by atoms with Crippen molar-refractivity contribution in [2.24, 2.45) is 0 Å². The molecule has 2 aromatic carbocycles. The molecule has 1 heterocycles. The summed E-state index contributed by atoms with van der Waals surface area (Å²) in [6, 6.07) is 13.5. The van der Waals surface area contributed by atoms with Gasteiger partial charge in [-0.25, -0.2) is 0 Å². The van der Waals surface area contributed by atoms with Crippen LogP contribution in [-0.4, -0.2) is 43.1 Å². The molecule has 0 bridgehead atoms. The molecule has 3 rings (SSSR count). The second-order valence-corrected chi connectivity index (χ2v) is 7.55. The van der Waals surface area contributed by atoms with Crippen molar-refractivity contribution >= 4 is 17.5 Å². The van der Waals surface area contributed by atoms with Gasteiger partial charge in [0.15, 0.2) is 0 Å². The fourth-order valence-corrected chi connectivity index (χ4v) is 3.51. The lowest BCUT2D eigenvalue weighted by molar-refractivity contribution is 0.0905. The summed E-state index contributed by atoms with van der Waals surface area (Å²) >= 11 is 6.17. The molecule has 2 aromatic rings. The third-order valence-electron chi connectivity index (χ3n) is 5.08. The van der Waals surface area contributed by atoms with Crippen LogP contribution in [0.4, 0.5) is 0 Å². The van der Waals surface area contributed by atoms with Gasteiger partial charge in [0.1, 0.15) is 11.9 Å². The van der Waals surface area contributed by atoms with Crippen molar-refractivity contribution in [3.8, 4) is 5.75 Å². The van der Waals surface area contributed by atoms with Crippen molar-refractivity contribution in [2.75, 3.05) is 26.2 Å². The summed E-state index contributed by atoms with van der Waals surface area (Å²) in [5.41, 5.74) is 2.82. The summed E-state index contributed by atoms with van der Waals surface area (Å²) in [5.74, 6) is 0.845. The van der Waals surface area contributed by atoms with Crippen LogP contribution in [0.15, 0.2) is 42.5 Å². The molecule has 1 amide bonds. The van der Waals surface area contributed by atoms with Gasteiger partial charge in [-0.05, 0) is 56.0 Å². The molecule has 1 fully saturated rings. The number of carbonyl (C=O) groups is 1. The largest absolute Gasteiger partial charge is 0.490 e. The molecule has 5 heteroatoms. The third kappa shape index (κ3) is 7.06. The number of amides is 1. The van der Waals surface area contributed by atoms with Gasteiger partial charge in [0.2, 0.25) is 0 Å². The van der Waals surface area contributed by atoms with Gasteiger partial charge in [0.05, 0.1) is 0 Å². The van der Waals surface area contributed by atoms with E-state index in [-0.39, 0.29) is 12.0 Å². The number of hydrogen-bond donors (Lipinski definition) is 1. The second kappa shape index (κ2) is 11.8. The highest BCUT2D eigenvalue weighted by Gasteiger charge is 2.20. The molecule has 1 saturated heterocycles. The lowest BCUT2D eigenvalue weighted by Gasteiger charge is -2.32. The molecule has 29 heavy (non-hydrogen) atoms. The normalized spacial score (nSPS) is 14.7. The van der Waals surface area contributed by atoms with E-state index in [1.165, 1.54) is 0 Å². The van der Waals surface area contributed by atoms with Crippen molar-refractivity contribution in [3.05, 3.63) is 64.2 Å². The molecule has 1 aliphatic heterocycles. The van der Waals surface area contributed by atoms with E-state index in [2.05, 4.69) is 10.2 Å². The fourth-order valence-electron chi connectivity index (χ4n) is 3.34. The summed E-state index contributed by atoms with van der Waals surface area (Å²) in [6.45, 7) is 11.4. The van der Waals surface area contributed by atoms with Crippen LogP contribution in [0, 0.1) is 13.8 Å². The topological polar surface area (TPSA) is 41.6 Å². The molecule has 4 nitrogen and oxygen atoms in total. The molecule has 0 radical (unpaired) electrons. The molecule has 158 valence electrons. The van der Waals surface area contributed by atoms with Crippen molar-refractivity contribution in [3.63, 3.8) is 0 Å². The van der Waals surface area contributed by atoms with Crippen molar-refractivity contribution in [2.45, 2.75) is 46.6 Å².